The van der Waals surface area contributed by atoms with Crippen LogP contribution in [0, 0.1) is 17.5 Å². The Morgan fingerprint density at radius 1 is 1.25 bits per heavy atom. The van der Waals surface area contributed by atoms with Gasteiger partial charge >= 0.3 is 0 Å². The average Bonchev–Trinajstić information content (AvgIpc) is 2.13. The first-order valence-corrected chi connectivity index (χ1v) is 4.37. The Kier molecular flexibility index (Phi) is 3.11. The van der Waals surface area contributed by atoms with Gasteiger partial charge in [-0.2, -0.15) is 0 Å². The first-order valence-electron chi connectivity index (χ1n) is 4.37. The first kappa shape index (κ1) is 12.4. The molecule has 0 atom stereocenters. The number of primary amides is 1. The Morgan fingerprint density at radius 3 is 2.06 bits per heavy atom. The average molecular weight is 233 g/mol. The Hall–Kier alpha value is -1.72. The lowest BCUT2D eigenvalue weighted by Gasteiger charge is -2.22. The molecule has 0 aliphatic rings. The third kappa shape index (κ3) is 2.44. The van der Waals surface area contributed by atoms with Crippen LogP contribution in [0.15, 0.2) is 12.1 Å². The monoisotopic (exact) mass is 233 g/mol. The second-order valence-corrected chi connectivity index (χ2v) is 3.68. The lowest BCUT2D eigenvalue weighted by atomic mass is 10.1. The summed E-state index contributed by atoms with van der Waals surface area (Å²) in [6.07, 6.45) is 0. The number of hydrogen-bond donors (Lipinski definition) is 1. The summed E-state index contributed by atoms with van der Waals surface area (Å²) in [7, 11) is 0. The van der Waals surface area contributed by atoms with Crippen molar-refractivity contribution in [3.63, 3.8) is 0 Å². The molecule has 0 fully saturated rings. The third-order valence-electron chi connectivity index (χ3n) is 1.92. The fourth-order valence-corrected chi connectivity index (χ4v) is 0.936. The number of nitrogens with two attached hydrogens (primary N) is 1. The highest BCUT2D eigenvalue weighted by molar-refractivity contribution is 5.82. The minimum absolute atomic E-state index is 0.305. The molecular formula is C10H10F3NO2. The maximum Gasteiger partial charge on any atom is 0.261 e. The van der Waals surface area contributed by atoms with Crippen molar-refractivity contribution in [3.8, 4) is 5.75 Å². The molecule has 2 N–H and O–H groups in total. The van der Waals surface area contributed by atoms with E-state index < -0.39 is 29.0 Å². The van der Waals surface area contributed by atoms with Gasteiger partial charge in [0.2, 0.25) is 0 Å². The number of hydrogen-bond acceptors (Lipinski definition) is 2. The summed E-state index contributed by atoms with van der Waals surface area (Å²) < 4.78 is 43.2. The molecule has 0 aliphatic carbocycles. The van der Waals surface area contributed by atoms with Gasteiger partial charge in [-0.05, 0) is 13.8 Å². The second kappa shape index (κ2) is 4.03. The van der Waals surface area contributed by atoms with Gasteiger partial charge in [0.15, 0.2) is 23.1 Å². The highest BCUT2D eigenvalue weighted by Gasteiger charge is 2.28. The maximum absolute atomic E-state index is 12.8. The Balaban J connectivity index is 3.04. The van der Waals surface area contributed by atoms with E-state index in [1.165, 1.54) is 13.8 Å². The normalized spacial score (nSPS) is 11.3. The van der Waals surface area contributed by atoms with E-state index in [9.17, 15) is 18.0 Å². The van der Waals surface area contributed by atoms with Crippen molar-refractivity contribution >= 4 is 5.91 Å². The van der Waals surface area contributed by atoms with Crippen LogP contribution in [0.5, 0.6) is 5.75 Å². The van der Waals surface area contributed by atoms with Crippen LogP contribution < -0.4 is 10.5 Å². The van der Waals surface area contributed by atoms with Crippen LogP contribution in [-0.4, -0.2) is 11.5 Å². The van der Waals surface area contributed by atoms with Gasteiger partial charge in [-0.3, -0.25) is 4.79 Å². The summed E-state index contributed by atoms with van der Waals surface area (Å²) in [5.41, 5.74) is 3.56. The van der Waals surface area contributed by atoms with Crippen LogP contribution in [0.3, 0.4) is 0 Å². The smallest absolute Gasteiger partial charge is 0.261 e. The molecule has 1 aromatic rings. The van der Waals surface area contributed by atoms with Crippen molar-refractivity contribution in [1.29, 1.82) is 0 Å². The summed E-state index contributed by atoms with van der Waals surface area (Å²) in [5, 5.41) is 0. The maximum atomic E-state index is 12.8. The molecule has 1 rings (SSSR count). The SMILES string of the molecule is CC(C)(Oc1cc(F)c(F)c(F)c1)C(N)=O. The van der Waals surface area contributed by atoms with E-state index in [0.717, 1.165) is 0 Å². The number of amides is 1. The van der Waals surface area contributed by atoms with Crippen LogP contribution in [0.2, 0.25) is 0 Å². The Morgan fingerprint density at radius 2 is 1.69 bits per heavy atom. The molecule has 0 spiro atoms. The van der Waals surface area contributed by atoms with Crippen molar-refractivity contribution in [2.45, 2.75) is 19.4 Å². The summed E-state index contributed by atoms with van der Waals surface area (Å²) in [5.74, 6) is -5.49. The quantitative estimate of drug-likeness (QED) is 0.808. The lowest BCUT2D eigenvalue weighted by molar-refractivity contribution is -0.130. The predicted octanol–water partition coefficient (Wildman–Crippen LogP) is 1.75. The van der Waals surface area contributed by atoms with Gasteiger partial charge in [0, 0.05) is 12.1 Å². The van der Waals surface area contributed by atoms with Crippen LogP contribution in [0.4, 0.5) is 13.2 Å². The first-order chi connectivity index (χ1) is 7.24. The van der Waals surface area contributed by atoms with Gasteiger partial charge in [0.25, 0.3) is 5.91 Å². The molecule has 0 saturated carbocycles. The van der Waals surface area contributed by atoms with Gasteiger partial charge < -0.3 is 10.5 Å². The van der Waals surface area contributed by atoms with Gasteiger partial charge in [-0.1, -0.05) is 0 Å². The number of benzene rings is 1. The van der Waals surface area contributed by atoms with Crippen molar-refractivity contribution < 1.29 is 22.7 Å². The lowest BCUT2D eigenvalue weighted by Crippen LogP contribution is -2.43. The zero-order valence-corrected chi connectivity index (χ0v) is 8.68. The number of carbonyl (C=O) groups is 1. The molecule has 0 bridgehead atoms. The minimum atomic E-state index is -1.59. The molecule has 0 unspecified atom stereocenters. The predicted molar refractivity (Wildman–Crippen MR) is 50.2 cm³/mol. The summed E-state index contributed by atoms with van der Waals surface area (Å²) in [6, 6.07) is 1.28. The zero-order chi connectivity index (χ0) is 12.5. The fourth-order valence-electron chi connectivity index (χ4n) is 0.936. The van der Waals surface area contributed by atoms with Crippen LogP contribution in [-0.2, 0) is 4.79 Å². The molecular weight excluding hydrogens is 223 g/mol. The number of rotatable bonds is 3. The van der Waals surface area contributed by atoms with Crippen LogP contribution in [0.25, 0.3) is 0 Å². The van der Waals surface area contributed by atoms with Gasteiger partial charge in [0.1, 0.15) is 5.75 Å². The van der Waals surface area contributed by atoms with E-state index in [0.29, 0.717) is 12.1 Å². The summed E-state index contributed by atoms with van der Waals surface area (Å²) in [6.45, 7) is 2.66. The fraction of sp³-hybridized carbons (Fsp3) is 0.300. The van der Waals surface area contributed by atoms with Crippen molar-refractivity contribution in [2.24, 2.45) is 5.73 Å². The highest BCUT2D eigenvalue weighted by atomic mass is 19.2. The number of halogens is 3. The molecule has 0 radical (unpaired) electrons. The molecule has 0 saturated heterocycles. The van der Waals surface area contributed by atoms with Crippen LogP contribution in [0.1, 0.15) is 13.8 Å². The second-order valence-electron chi connectivity index (χ2n) is 3.68. The number of ether oxygens (including phenoxy) is 1. The minimum Gasteiger partial charge on any atom is -0.478 e. The molecule has 1 aromatic carbocycles. The van der Waals surface area contributed by atoms with E-state index >= 15 is 0 Å². The van der Waals surface area contributed by atoms with Gasteiger partial charge in [0.05, 0.1) is 0 Å². The molecule has 0 aromatic heterocycles. The molecule has 3 nitrogen and oxygen atoms in total. The molecule has 16 heavy (non-hydrogen) atoms. The molecule has 1 amide bonds. The Bertz CT molecular complexity index is 409. The van der Waals surface area contributed by atoms with Crippen molar-refractivity contribution in [2.75, 3.05) is 0 Å². The van der Waals surface area contributed by atoms with Crippen molar-refractivity contribution in [1.82, 2.24) is 0 Å². The third-order valence-corrected chi connectivity index (χ3v) is 1.92. The topological polar surface area (TPSA) is 52.3 Å². The molecule has 0 heterocycles. The molecule has 0 aliphatic heterocycles. The number of carbonyl (C=O) groups excluding carboxylic acids is 1. The standard InChI is InChI=1S/C10H10F3NO2/c1-10(2,9(14)15)16-5-3-6(11)8(13)7(12)4-5/h3-4H,1-2H3,(H2,14,15). The van der Waals surface area contributed by atoms with Gasteiger partial charge in [-0.25, -0.2) is 13.2 Å². The largest absolute Gasteiger partial charge is 0.478 e. The Labute approximate surface area is 90.0 Å². The summed E-state index contributed by atoms with van der Waals surface area (Å²) >= 11 is 0. The van der Waals surface area contributed by atoms with Gasteiger partial charge in [-0.15, -0.1) is 0 Å². The van der Waals surface area contributed by atoms with Crippen molar-refractivity contribution in [3.05, 3.63) is 29.6 Å². The van der Waals surface area contributed by atoms with E-state index in [1.807, 2.05) is 0 Å². The molecule has 88 valence electrons. The van der Waals surface area contributed by atoms with E-state index in [1.54, 1.807) is 0 Å². The van der Waals surface area contributed by atoms with E-state index in [-0.39, 0.29) is 5.75 Å². The zero-order valence-electron chi connectivity index (χ0n) is 8.68. The van der Waals surface area contributed by atoms with E-state index in [4.69, 9.17) is 10.5 Å². The summed E-state index contributed by atoms with van der Waals surface area (Å²) in [4.78, 5) is 10.9. The van der Waals surface area contributed by atoms with E-state index in [2.05, 4.69) is 0 Å². The van der Waals surface area contributed by atoms with Crippen LogP contribution >= 0.6 is 0 Å². The molecule has 6 heteroatoms. The highest BCUT2D eigenvalue weighted by Crippen LogP contribution is 2.23.